The summed E-state index contributed by atoms with van der Waals surface area (Å²) < 4.78 is 38.9. The van der Waals surface area contributed by atoms with Gasteiger partial charge in [0.2, 0.25) is 15.9 Å². The van der Waals surface area contributed by atoms with Crippen LogP contribution < -0.4 is 5.32 Å². The molecule has 0 radical (unpaired) electrons. The molecular weight excluding hydrogens is 355 g/mol. The maximum absolute atomic E-state index is 13.2. The lowest BCUT2D eigenvalue weighted by molar-refractivity contribution is -0.116. The Bertz CT molecular complexity index is 854. The predicted octanol–water partition coefficient (Wildman–Crippen LogP) is 3.05. The maximum atomic E-state index is 13.2. The fourth-order valence-corrected chi connectivity index (χ4v) is 3.25. The van der Waals surface area contributed by atoms with Crippen LogP contribution >= 0.6 is 11.6 Å². The highest BCUT2D eigenvalue weighted by Gasteiger charge is 2.23. The zero-order valence-electron chi connectivity index (χ0n) is 13.1. The van der Waals surface area contributed by atoms with Gasteiger partial charge in [-0.25, -0.2) is 12.8 Å². The number of nitrogens with zero attached hydrogens (tertiary/aromatic N) is 1. The number of halogens is 2. The molecule has 1 amide bonds. The molecule has 0 saturated carbocycles. The van der Waals surface area contributed by atoms with E-state index in [0.29, 0.717) is 16.3 Å². The molecule has 2 aromatic carbocycles. The highest BCUT2D eigenvalue weighted by atomic mass is 35.5. The largest absolute Gasteiger partial charge is 0.325 e. The first kappa shape index (κ1) is 18.4. The Hall–Kier alpha value is -1.96. The predicted molar refractivity (Wildman–Crippen MR) is 91.0 cm³/mol. The molecule has 8 heteroatoms. The number of anilines is 1. The molecule has 0 unspecified atom stereocenters. The molecule has 24 heavy (non-hydrogen) atoms. The Morgan fingerprint density at radius 2 is 1.83 bits per heavy atom. The van der Waals surface area contributed by atoms with Gasteiger partial charge in [0, 0.05) is 17.8 Å². The van der Waals surface area contributed by atoms with Crippen LogP contribution in [0, 0.1) is 12.7 Å². The van der Waals surface area contributed by atoms with Crippen molar-refractivity contribution in [3.63, 3.8) is 0 Å². The number of nitrogens with one attached hydrogen (secondary N) is 1. The molecule has 0 bridgehead atoms. The minimum absolute atomic E-state index is 0.0316. The number of benzene rings is 2. The van der Waals surface area contributed by atoms with Crippen molar-refractivity contribution < 1.29 is 17.6 Å². The van der Waals surface area contributed by atoms with Gasteiger partial charge in [-0.1, -0.05) is 17.7 Å². The molecular formula is C16H16ClFN2O3S. The number of likely N-dealkylation sites (N-methyl/N-ethyl adjacent to an activating group) is 1. The summed E-state index contributed by atoms with van der Waals surface area (Å²) in [6.07, 6.45) is 0. The van der Waals surface area contributed by atoms with Gasteiger partial charge in [0.25, 0.3) is 0 Å². The summed E-state index contributed by atoms with van der Waals surface area (Å²) in [4.78, 5) is 12.1. The number of sulfonamides is 1. The van der Waals surface area contributed by atoms with Crippen molar-refractivity contribution in [1.29, 1.82) is 0 Å². The number of rotatable bonds is 5. The molecule has 0 aliphatic carbocycles. The van der Waals surface area contributed by atoms with Gasteiger partial charge in [0.05, 0.1) is 11.4 Å². The third kappa shape index (κ3) is 4.31. The van der Waals surface area contributed by atoms with Crippen LogP contribution in [0.4, 0.5) is 10.1 Å². The third-order valence-electron chi connectivity index (χ3n) is 3.36. The molecule has 0 aliphatic rings. The summed E-state index contributed by atoms with van der Waals surface area (Å²) in [6.45, 7) is 1.31. The molecule has 5 nitrogen and oxygen atoms in total. The SMILES string of the molecule is Cc1ccc(F)cc1NC(=O)CN(C)S(=O)(=O)c1ccc(Cl)cc1. The van der Waals surface area contributed by atoms with Crippen LogP contribution in [-0.2, 0) is 14.8 Å². The Morgan fingerprint density at radius 1 is 1.21 bits per heavy atom. The third-order valence-corrected chi connectivity index (χ3v) is 5.43. The summed E-state index contributed by atoms with van der Waals surface area (Å²) in [5, 5.41) is 2.92. The molecule has 0 saturated heterocycles. The van der Waals surface area contributed by atoms with Crippen LogP contribution in [-0.4, -0.2) is 32.2 Å². The van der Waals surface area contributed by atoms with Gasteiger partial charge in [0.15, 0.2) is 0 Å². The van der Waals surface area contributed by atoms with Gasteiger partial charge in [0.1, 0.15) is 5.82 Å². The Morgan fingerprint density at radius 3 is 2.46 bits per heavy atom. The normalized spacial score (nSPS) is 11.5. The standard InChI is InChI=1S/C16H16ClFN2O3S/c1-11-3-6-13(18)9-15(11)19-16(21)10-20(2)24(22,23)14-7-4-12(17)5-8-14/h3-9H,10H2,1-2H3,(H,19,21). The second-order valence-corrected chi connectivity index (χ2v) is 7.70. The van der Waals surface area contributed by atoms with Gasteiger partial charge in [-0.15, -0.1) is 0 Å². The van der Waals surface area contributed by atoms with E-state index in [1.54, 1.807) is 6.92 Å². The van der Waals surface area contributed by atoms with Gasteiger partial charge < -0.3 is 5.32 Å². The summed E-state index contributed by atoms with van der Waals surface area (Å²) in [5.41, 5.74) is 0.977. The van der Waals surface area contributed by atoms with E-state index in [0.717, 1.165) is 4.31 Å². The second-order valence-electron chi connectivity index (χ2n) is 5.22. The quantitative estimate of drug-likeness (QED) is 0.879. The number of amides is 1. The van der Waals surface area contributed by atoms with E-state index in [4.69, 9.17) is 11.6 Å². The lowest BCUT2D eigenvalue weighted by Crippen LogP contribution is -2.35. The number of carbonyl (C=O) groups excluding carboxylic acids is 1. The molecule has 2 rings (SSSR count). The van der Waals surface area contributed by atoms with Gasteiger partial charge in [-0.05, 0) is 48.9 Å². The first-order chi connectivity index (χ1) is 11.2. The second kappa shape index (κ2) is 7.29. The van der Waals surface area contributed by atoms with Crippen molar-refractivity contribution in [2.45, 2.75) is 11.8 Å². The summed E-state index contributed by atoms with van der Waals surface area (Å²) in [6, 6.07) is 9.63. The van der Waals surface area contributed by atoms with Crippen LogP contribution in [0.3, 0.4) is 0 Å². The topological polar surface area (TPSA) is 66.5 Å². The van der Waals surface area contributed by atoms with Gasteiger partial charge >= 0.3 is 0 Å². The Kier molecular flexibility index (Phi) is 5.58. The molecule has 0 atom stereocenters. The van der Waals surface area contributed by atoms with Crippen LogP contribution in [0.1, 0.15) is 5.56 Å². The Labute approximate surface area is 145 Å². The van der Waals surface area contributed by atoms with Crippen LogP contribution in [0.5, 0.6) is 0 Å². The lowest BCUT2D eigenvalue weighted by Gasteiger charge is -2.17. The summed E-state index contributed by atoms with van der Waals surface area (Å²) in [5.74, 6) is -1.05. The van der Waals surface area contributed by atoms with Crippen molar-refractivity contribution in [2.75, 3.05) is 18.9 Å². The molecule has 0 fully saturated rings. The van der Waals surface area contributed by atoms with Crippen LogP contribution in [0.25, 0.3) is 0 Å². The van der Waals surface area contributed by atoms with Crippen LogP contribution in [0.2, 0.25) is 5.02 Å². The van der Waals surface area contributed by atoms with E-state index in [1.165, 1.54) is 49.5 Å². The minimum Gasteiger partial charge on any atom is -0.325 e. The van der Waals surface area contributed by atoms with E-state index in [-0.39, 0.29) is 4.90 Å². The first-order valence-electron chi connectivity index (χ1n) is 6.98. The monoisotopic (exact) mass is 370 g/mol. The number of hydrogen-bond donors (Lipinski definition) is 1. The van der Waals surface area contributed by atoms with E-state index >= 15 is 0 Å². The smallest absolute Gasteiger partial charge is 0.243 e. The molecule has 0 heterocycles. The fourth-order valence-electron chi connectivity index (χ4n) is 1.99. The highest BCUT2D eigenvalue weighted by Crippen LogP contribution is 2.18. The van der Waals surface area contributed by atoms with E-state index in [2.05, 4.69) is 5.32 Å². The van der Waals surface area contributed by atoms with Crippen molar-refractivity contribution in [1.82, 2.24) is 4.31 Å². The zero-order chi connectivity index (χ0) is 17.9. The average molecular weight is 371 g/mol. The van der Waals surface area contributed by atoms with Crippen LogP contribution in [0.15, 0.2) is 47.4 Å². The lowest BCUT2D eigenvalue weighted by atomic mass is 10.2. The fraction of sp³-hybridized carbons (Fsp3) is 0.188. The van der Waals surface area contributed by atoms with Crippen molar-refractivity contribution in [2.24, 2.45) is 0 Å². The maximum Gasteiger partial charge on any atom is 0.243 e. The first-order valence-corrected chi connectivity index (χ1v) is 8.80. The average Bonchev–Trinajstić information content (AvgIpc) is 2.51. The van der Waals surface area contributed by atoms with Crippen molar-refractivity contribution in [3.8, 4) is 0 Å². The van der Waals surface area contributed by atoms with E-state index < -0.39 is 28.3 Å². The number of hydrogen-bond acceptors (Lipinski definition) is 3. The van der Waals surface area contributed by atoms with Gasteiger partial charge in [-0.3, -0.25) is 4.79 Å². The molecule has 0 spiro atoms. The zero-order valence-corrected chi connectivity index (χ0v) is 14.7. The minimum atomic E-state index is -3.82. The summed E-state index contributed by atoms with van der Waals surface area (Å²) in [7, 11) is -2.53. The number of carbonyl (C=O) groups is 1. The molecule has 0 aromatic heterocycles. The molecule has 2 aromatic rings. The van der Waals surface area contributed by atoms with Crippen molar-refractivity contribution in [3.05, 3.63) is 58.9 Å². The van der Waals surface area contributed by atoms with Gasteiger partial charge in [-0.2, -0.15) is 4.31 Å². The molecule has 128 valence electrons. The number of aryl methyl sites for hydroxylation is 1. The van der Waals surface area contributed by atoms with Crippen molar-refractivity contribution >= 4 is 33.2 Å². The molecule has 1 N–H and O–H groups in total. The molecule has 0 aliphatic heterocycles. The Balaban J connectivity index is 2.10. The summed E-state index contributed by atoms with van der Waals surface area (Å²) >= 11 is 5.74. The van der Waals surface area contributed by atoms with E-state index in [1.807, 2.05) is 0 Å². The van der Waals surface area contributed by atoms with E-state index in [9.17, 15) is 17.6 Å². The highest BCUT2D eigenvalue weighted by molar-refractivity contribution is 7.89.